The van der Waals surface area contributed by atoms with Gasteiger partial charge in [0.25, 0.3) is 0 Å². The van der Waals surface area contributed by atoms with Gasteiger partial charge < -0.3 is 10.6 Å². The van der Waals surface area contributed by atoms with Gasteiger partial charge in [-0.25, -0.2) is 0 Å². The van der Waals surface area contributed by atoms with E-state index in [1.165, 1.54) is 22.9 Å². The molecule has 0 spiro atoms. The van der Waals surface area contributed by atoms with E-state index in [1.54, 1.807) is 0 Å². The Bertz CT molecular complexity index is 520. The minimum Gasteiger partial charge on any atom is -0.363 e. The highest BCUT2D eigenvalue weighted by Crippen LogP contribution is 2.24. The summed E-state index contributed by atoms with van der Waals surface area (Å²) in [4.78, 5) is 16.7. The third-order valence-corrected chi connectivity index (χ3v) is 4.61. The van der Waals surface area contributed by atoms with Crippen molar-refractivity contribution in [2.75, 3.05) is 18.4 Å². The van der Waals surface area contributed by atoms with E-state index in [2.05, 4.69) is 47.7 Å². The largest absolute Gasteiger partial charge is 0.363 e. The highest BCUT2D eigenvalue weighted by atomic mass is 32.2. The lowest BCUT2D eigenvalue weighted by Crippen LogP contribution is -2.27. The molecule has 5 heteroatoms. The number of hydrogen-bond acceptors (Lipinski definition) is 4. The number of aliphatic imine (C=N–C) groups is 1. The molecule has 0 radical (unpaired) electrons. The zero-order chi connectivity index (χ0) is 15.2. The first kappa shape index (κ1) is 15.9. The maximum Gasteiger partial charge on any atom is 0.237 e. The Morgan fingerprint density at radius 1 is 1.38 bits per heavy atom. The van der Waals surface area contributed by atoms with Crippen molar-refractivity contribution in [1.82, 2.24) is 5.32 Å². The van der Waals surface area contributed by atoms with Crippen LogP contribution in [-0.2, 0) is 17.6 Å². The Kier molecular flexibility index (Phi) is 5.67. The minimum absolute atomic E-state index is 0.0343. The first-order valence-corrected chi connectivity index (χ1v) is 8.40. The number of hydrogen-bond donors (Lipinski definition) is 2. The lowest BCUT2D eigenvalue weighted by atomic mass is 10.0. The molecule has 0 aromatic heterocycles. The summed E-state index contributed by atoms with van der Waals surface area (Å²) in [6.07, 6.45) is 1.83. The van der Waals surface area contributed by atoms with Gasteiger partial charge in [0.1, 0.15) is 0 Å². The number of para-hydroxylation sites is 1. The summed E-state index contributed by atoms with van der Waals surface area (Å²) in [5.41, 5.74) is 3.37. The molecule has 21 heavy (non-hydrogen) atoms. The van der Waals surface area contributed by atoms with Crippen molar-refractivity contribution < 1.29 is 4.79 Å². The Balaban J connectivity index is 2.07. The Hall–Kier alpha value is -1.49. The fourth-order valence-corrected chi connectivity index (χ4v) is 3.16. The summed E-state index contributed by atoms with van der Waals surface area (Å²) in [5, 5.41) is 7.01. The second kappa shape index (κ2) is 7.50. The van der Waals surface area contributed by atoms with Crippen LogP contribution in [0.4, 0.5) is 5.69 Å². The summed E-state index contributed by atoms with van der Waals surface area (Å²) in [6.45, 7) is 7.81. The average Bonchev–Trinajstić information content (AvgIpc) is 3.00. The molecule has 1 unspecified atom stereocenters. The van der Waals surface area contributed by atoms with E-state index in [9.17, 15) is 4.79 Å². The molecule has 1 aliphatic heterocycles. The van der Waals surface area contributed by atoms with Crippen molar-refractivity contribution in [3.05, 3.63) is 29.3 Å². The number of amides is 1. The highest BCUT2D eigenvalue weighted by molar-refractivity contribution is 8.14. The monoisotopic (exact) mass is 305 g/mol. The van der Waals surface area contributed by atoms with Crippen LogP contribution < -0.4 is 10.6 Å². The van der Waals surface area contributed by atoms with Gasteiger partial charge in [0.05, 0.1) is 11.8 Å². The normalized spacial score (nSPS) is 15.3. The van der Waals surface area contributed by atoms with Crippen LogP contribution in [0.15, 0.2) is 23.2 Å². The van der Waals surface area contributed by atoms with Crippen LogP contribution in [0, 0.1) is 0 Å². The second-order valence-corrected chi connectivity index (χ2v) is 6.35. The molecule has 1 aromatic rings. The predicted octanol–water partition coefficient (Wildman–Crippen LogP) is 2.83. The molecule has 0 saturated heterocycles. The standard InChI is InChI=1S/C16H23N3OS/c1-4-12-7-6-8-13(5-2)14(12)19-15(20)11(3)21-16-17-9-10-18-16/h6-8,11H,4-5,9-10H2,1-3H3,(H,17,18)(H,19,20). The summed E-state index contributed by atoms with van der Waals surface area (Å²) in [5.74, 6) is 0.0343. The van der Waals surface area contributed by atoms with Gasteiger partial charge in [-0.3, -0.25) is 9.79 Å². The molecule has 1 amide bonds. The van der Waals surface area contributed by atoms with Gasteiger partial charge in [-0.15, -0.1) is 0 Å². The number of benzene rings is 1. The van der Waals surface area contributed by atoms with Crippen LogP contribution in [0.25, 0.3) is 0 Å². The van der Waals surface area contributed by atoms with Gasteiger partial charge in [0, 0.05) is 12.2 Å². The molecule has 2 rings (SSSR count). The van der Waals surface area contributed by atoms with Gasteiger partial charge in [0.15, 0.2) is 5.17 Å². The predicted molar refractivity (Wildman–Crippen MR) is 91.2 cm³/mol. The smallest absolute Gasteiger partial charge is 0.237 e. The zero-order valence-electron chi connectivity index (χ0n) is 12.9. The first-order valence-electron chi connectivity index (χ1n) is 7.52. The van der Waals surface area contributed by atoms with E-state index in [0.717, 1.165) is 36.8 Å². The molecule has 1 aromatic carbocycles. The number of aryl methyl sites for hydroxylation is 2. The van der Waals surface area contributed by atoms with Gasteiger partial charge in [-0.05, 0) is 30.9 Å². The van der Waals surface area contributed by atoms with Crippen molar-refractivity contribution in [2.24, 2.45) is 4.99 Å². The fraction of sp³-hybridized carbons (Fsp3) is 0.500. The van der Waals surface area contributed by atoms with Crippen molar-refractivity contribution >= 4 is 28.5 Å². The molecule has 0 saturated carbocycles. The highest BCUT2D eigenvalue weighted by Gasteiger charge is 2.19. The maximum absolute atomic E-state index is 12.4. The van der Waals surface area contributed by atoms with Crippen molar-refractivity contribution in [3.63, 3.8) is 0 Å². The molecule has 2 N–H and O–H groups in total. The van der Waals surface area contributed by atoms with E-state index in [1.807, 2.05) is 6.92 Å². The summed E-state index contributed by atoms with van der Waals surface area (Å²) in [6, 6.07) is 6.22. The molecule has 1 heterocycles. The Labute approximate surface area is 130 Å². The van der Waals surface area contributed by atoms with Crippen LogP contribution in [0.1, 0.15) is 31.9 Å². The molecule has 0 aliphatic carbocycles. The van der Waals surface area contributed by atoms with Gasteiger partial charge >= 0.3 is 0 Å². The van der Waals surface area contributed by atoms with Crippen LogP contribution in [0.2, 0.25) is 0 Å². The van der Waals surface area contributed by atoms with Crippen molar-refractivity contribution in [3.8, 4) is 0 Å². The van der Waals surface area contributed by atoms with Crippen LogP contribution in [0.5, 0.6) is 0 Å². The van der Waals surface area contributed by atoms with Crippen molar-refractivity contribution in [1.29, 1.82) is 0 Å². The van der Waals surface area contributed by atoms with E-state index in [4.69, 9.17) is 0 Å². The van der Waals surface area contributed by atoms with E-state index in [0.29, 0.717) is 0 Å². The number of amidine groups is 1. The lowest BCUT2D eigenvalue weighted by Gasteiger charge is -2.17. The van der Waals surface area contributed by atoms with E-state index in [-0.39, 0.29) is 11.2 Å². The topological polar surface area (TPSA) is 53.5 Å². The first-order chi connectivity index (χ1) is 10.2. The molecule has 4 nitrogen and oxygen atoms in total. The summed E-state index contributed by atoms with van der Waals surface area (Å²) >= 11 is 1.49. The summed E-state index contributed by atoms with van der Waals surface area (Å²) < 4.78 is 0. The molecular formula is C16H23N3OS. The van der Waals surface area contributed by atoms with Crippen LogP contribution >= 0.6 is 11.8 Å². The number of anilines is 1. The van der Waals surface area contributed by atoms with Crippen molar-refractivity contribution in [2.45, 2.75) is 38.9 Å². The van der Waals surface area contributed by atoms with Crippen LogP contribution in [-0.4, -0.2) is 29.4 Å². The minimum atomic E-state index is -0.163. The molecule has 1 atom stereocenters. The number of nitrogens with zero attached hydrogens (tertiary/aromatic N) is 1. The zero-order valence-corrected chi connectivity index (χ0v) is 13.7. The fourth-order valence-electron chi connectivity index (χ4n) is 2.30. The average molecular weight is 305 g/mol. The SMILES string of the molecule is CCc1cccc(CC)c1NC(=O)C(C)SC1=NCCN1. The Morgan fingerprint density at radius 2 is 2.05 bits per heavy atom. The molecule has 0 bridgehead atoms. The third-order valence-electron chi connectivity index (χ3n) is 3.55. The quantitative estimate of drug-likeness (QED) is 0.879. The second-order valence-electron chi connectivity index (χ2n) is 5.02. The Morgan fingerprint density at radius 3 is 2.57 bits per heavy atom. The van der Waals surface area contributed by atoms with Crippen LogP contribution in [0.3, 0.4) is 0 Å². The number of carbonyl (C=O) groups excluding carboxylic acids is 1. The molecular weight excluding hydrogens is 282 g/mol. The maximum atomic E-state index is 12.4. The van der Waals surface area contributed by atoms with E-state index >= 15 is 0 Å². The lowest BCUT2D eigenvalue weighted by molar-refractivity contribution is -0.115. The number of nitrogens with one attached hydrogen (secondary N) is 2. The third kappa shape index (κ3) is 4.00. The number of thioether (sulfide) groups is 1. The van der Waals surface area contributed by atoms with Gasteiger partial charge in [-0.1, -0.05) is 43.8 Å². The van der Waals surface area contributed by atoms with Gasteiger partial charge in [0.2, 0.25) is 5.91 Å². The number of carbonyl (C=O) groups is 1. The molecule has 1 aliphatic rings. The van der Waals surface area contributed by atoms with E-state index < -0.39 is 0 Å². The summed E-state index contributed by atoms with van der Waals surface area (Å²) in [7, 11) is 0. The number of rotatable bonds is 5. The van der Waals surface area contributed by atoms with Gasteiger partial charge in [-0.2, -0.15) is 0 Å². The molecule has 114 valence electrons. The molecule has 0 fully saturated rings.